The van der Waals surface area contributed by atoms with Crippen LogP contribution in [0.2, 0.25) is 5.02 Å². The van der Waals surface area contributed by atoms with Crippen LogP contribution >= 0.6 is 23.2 Å². The summed E-state index contributed by atoms with van der Waals surface area (Å²) in [6, 6.07) is 7.76. The van der Waals surface area contributed by atoms with E-state index in [2.05, 4.69) is 13.2 Å². The van der Waals surface area contributed by atoms with Crippen LogP contribution in [0.4, 0.5) is 23.2 Å². The Bertz CT molecular complexity index is 1070. The zero-order valence-corrected chi connectivity index (χ0v) is 19.2. The minimum absolute atomic E-state index is 0.0642. The number of benzene rings is 2. The molecule has 7 heteroatoms. The predicted molar refractivity (Wildman–Crippen MR) is 120 cm³/mol. The van der Waals surface area contributed by atoms with Crippen molar-refractivity contribution in [2.75, 3.05) is 11.9 Å². The third-order valence-electron chi connectivity index (χ3n) is 5.97. The minimum atomic E-state index is -4.78. The fourth-order valence-corrected chi connectivity index (χ4v) is 4.85. The van der Waals surface area contributed by atoms with E-state index in [0.29, 0.717) is 16.3 Å². The fourth-order valence-electron chi connectivity index (χ4n) is 4.13. The summed E-state index contributed by atoms with van der Waals surface area (Å²) in [6.45, 7) is 13.0. The molecule has 1 nitrogen and oxygen atoms in total. The van der Waals surface area contributed by atoms with Crippen LogP contribution in [0.5, 0.6) is 0 Å². The van der Waals surface area contributed by atoms with Crippen LogP contribution in [0.1, 0.15) is 42.0 Å². The standard InChI is InChI=1S/C24H23Cl2F4N/c1-12(2)17-11-16(7-8-19(17)25)31(6)14(4)20-21(23(20,5)26)15-9-13(3)22(27)18(10-15)24(28,29)30/h7-11,20-21H,1,4H2,2-3,5-6H3. The maximum Gasteiger partial charge on any atom is 0.419 e. The van der Waals surface area contributed by atoms with Crippen molar-refractivity contribution in [3.63, 3.8) is 0 Å². The van der Waals surface area contributed by atoms with Gasteiger partial charge in [-0.05, 0) is 67.3 Å². The summed E-state index contributed by atoms with van der Waals surface area (Å²) in [5.74, 6) is -2.01. The number of aryl methyl sites for hydroxylation is 1. The van der Waals surface area contributed by atoms with Crippen LogP contribution in [0.25, 0.3) is 5.57 Å². The van der Waals surface area contributed by atoms with Gasteiger partial charge in [-0.1, -0.05) is 30.8 Å². The van der Waals surface area contributed by atoms with E-state index in [4.69, 9.17) is 23.2 Å². The number of hydrogen-bond donors (Lipinski definition) is 0. The highest BCUT2D eigenvalue weighted by atomic mass is 35.5. The number of nitrogens with zero attached hydrogens (tertiary/aromatic N) is 1. The average molecular weight is 472 g/mol. The minimum Gasteiger partial charge on any atom is -0.348 e. The summed E-state index contributed by atoms with van der Waals surface area (Å²) < 4.78 is 54.0. The molecule has 166 valence electrons. The van der Waals surface area contributed by atoms with Crippen LogP contribution in [0, 0.1) is 18.7 Å². The Morgan fingerprint density at radius 3 is 2.32 bits per heavy atom. The van der Waals surface area contributed by atoms with E-state index >= 15 is 0 Å². The lowest BCUT2D eigenvalue weighted by molar-refractivity contribution is -0.140. The number of alkyl halides is 4. The number of anilines is 1. The second-order valence-electron chi connectivity index (χ2n) is 8.30. The van der Waals surface area contributed by atoms with Crippen LogP contribution in [-0.2, 0) is 6.18 Å². The molecule has 1 fully saturated rings. The molecule has 0 bridgehead atoms. The van der Waals surface area contributed by atoms with Gasteiger partial charge in [0.05, 0.1) is 10.4 Å². The van der Waals surface area contributed by atoms with Crippen LogP contribution in [0.15, 0.2) is 49.2 Å². The first-order chi connectivity index (χ1) is 14.2. The van der Waals surface area contributed by atoms with E-state index < -0.39 is 28.3 Å². The molecule has 0 saturated heterocycles. The maximum absolute atomic E-state index is 14.1. The second kappa shape index (κ2) is 7.86. The first kappa shape index (κ1) is 23.7. The highest BCUT2D eigenvalue weighted by Gasteiger charge is 2.63. The zero-order chi connectivity index (χ0) is 23.5. The lowest BCUT2D eigenvalue weighted by atomic mass is 10.00. The third kappa shape index (κ3) is 4.22. The van der Waals surface area contributed by atoms with Gasteiger partial charge in [0.25, 0.3) is 0 Å². The van der Waals surface area contributed by atoms with E-state index in [1.165, 1.54) is 13.0 Å². The normalized spacial score (nSPS) is 22.9. The molecule has 1 aliphatic rings. The van der Waals surface area contributed by atoms with Gasteiger partial charge in [0.15, 0.2) is 0 Å². The molecule has 0 amide bonds. The molecule has 3 rings (SSSR count). The Balaban J connectivity index is 1.95. The van der Waals surface area contributed by atoms with Gasteiger partial charge < -0.3 is 4.90 Å². The lowest BCUT2D eigenvalue weighted by Gasteiger charge is -2.24. The Hall–Kier alpha value is -1.98. The lowest BCUT2D eigenvalue weighted by Crippen LogP contribution is -2.19. The van der Waals surface area contributed by atoms with Crippen molar-refractivity contribution in [3.05, 3.63) is 82.3 Å². The van der Waals surface area contributed by atoms with E-state index in [1.807, 2.05) is 31.0 Å². The summed E-state index contributed by atoms with van der Waals surface area (Å²) in [4.78, 5) is 0.997. The Labute approximate surface area is 190 Å². The Kier molecular flexibility index (Phi) is 6.00. The summed E-state index contributed by atoms with van der Waals surface area (Å²) in [5, 5.41) is 0.572. The largest absolute Gasteiger partial charge is 0.419 e. The van der Waals surface area contributed by atoms with Gasteiger partial charge in [-0.3, -0.25) is 0 Å². The average Bonchev–Trinajstić information content (AvgIpc) is 3.23. The smallest absolute Gasteiger partial charge is 0.348 e. The van der Waals surface area contributed by atoms with Crippen molar-refractivity contribution in [2.24, 2.45) is 5.92 Å². The molecule has 0 heterocycles. The fraction of sp³-hybridized carbons (Fsp3) is 0.333. The van der Waals surface area contributed by atoms with Gasteiger partial charge >= 0.3 is 6.18 Å². The summed E-state index contributed by atoms with van der Waals surface area (Å²) in [6.07, 6.45) is -4.78. The quantitative estimate of drug-likeness (QED) is 0.313. The molecular formula is C24H23Cl2F4N. The monoisotopic (exact) mass is 471 g/mol. The summed E-state index contributed by atoms with van der Waals surface area (Å²) in [5.41, 5.74) is 2.06. The van der Waals surface area contributed by atoms with E-state index in [0.717, 1.165) is 22.9 Å². The molecular weight excluding hydrogens is 449 g/mol. The topological polar surface area (TPSA) is 3.24 Å². The van der Waals surface area contributed by atoms with Gasteiger partial charge in [0.1, 0.15) is 5.82 Å². The first-order valence-corrected chi connectivity index (χ1v) is 10.4. The van der Waals surface area contributed by atoms with Crippen molar-refractivity contribution in [1.29, 1.82) is 0 Å². The number of hydrogen-bond acceptors (Lipinski definition) is 1. The van der Waals surface area contributed by atoms with Gasteiger partial charge in [-0.2, -0.15) is 13.2 Å². The summed E-state index contributed by atoms with van der Waals surface area (Å²) >= 11 is 12.9. The molecule has 31 heavy (non-hydrogen) atoms. The van der Waals surface area contributed by atoms with Gasteiger partial charge in [0.2, 0.25) is 0 Å². The van der Waals surface area contributed by atoms with Crippen molar-refractivity contribution < 1.29 is 17.6 Å². The highest BCUT2D eigenvalue weighted by Crippen LogP contribution is 2.65. The maximum atomic E-state index is 14.1. The van der Waals surface area contributed by atoms with Gasteiger partial charge in [-0.25, -0.2) is 4.39 Å². The van der Waals surface area contributed by atoms with Gasteiger partial charge in [-0.15, -0.1) is 11.6 Å². The Morgan fingerprint density at radius 1 is 1.16 bits per heavy atom. The molecule has 1 saturated carbocycles. The molecule has 0 aromatic heterocycles. The molecule has 1 aliphatic carbocycles. The van der Waals surface area contributed by atoms with Crippen LogP contribution < -0.4 is 4.90 Å². The summed E-state index contributed by atoms with van der Waals surface area (Å²) in [7, 11) is 1.81. The number of rotatable bonds is 5. The van der Waals surface area contributed by atoms with Crippen LogP contribution in [-0.4, -0.2) is 11.9 Å². The molecule has 0 N–H and O–H groups in total. The molecule has 0 spiro atoms. The number of halogens is 6. The van der Waals surface area contributed by atoms with E-state index in [1.54, 1.807) is 13.0 Å². The Morgan fingerprint density at radius 2 is 1.77 bits per heavy atom. The second-order valence-corrected chi connectivity index (χ2v) is 9.52. The molecule has 2 aromatic rings. The van der Waals surface area contributed by atoms with E-state index in [9.17, 15) is 17.6 Å². The third-order valence-corrected chi connectivity index (χ3v) is 6.77. The molecule has 2 aromatic carbocycles. The molecule has 3 atom stereocenters. The number of allylic oxidation sites excluding steroid dienone is 2. The first-order valence-electron chi connectivity index (χ1n) is 9.62. The van der Waals surface area contributed by atoms with Gasteiger partial charge in [0, 0.05) is 35.3 Å². The van der Waals surface area contributed by atoms with Crippen molar-refractivity contribution >= 4 is 34.5 Å². The highest BCUT2D eigenvalue weighted by molar-refractivity contribution is 6.32. The molecule has 3 unspecified atom stereocenters. The van der Waals surface area contributed by atoms with Crippen molar-refractivity contribution in [2.45, 2.75) is 37.7 Å². The predicted octanol–water partition coefficient (Wildman–Crippen LogP) is 8.20. The molecule has 0 radical (unpaired) electrons. The van der Waals surface area contributed by atoms with Crippen LogP contribution in [0.3, 0.4) is 0 Å². The molecule has 0 aliphatic heterocycles. The zero-order valence-electron chi connectivity index (χ0n) is 17.7. The van der Waals surface area contributed by atoms with Crippen molar-refractivity contribution in [3.8, 4) is 0 Å². The SMILES string of the molecule is C=C(C)c1cc(N(C)C(=C)C2C(c3cc(C)c(F)c(C(F)(F)F)c3)C2(C)Cl)ccc1Cl. The van der Waals surface area contributed by atoms with E-state index in [-0.39, 0.29) is 11.5 Å². The van der Waals surface area contributed by atoms with Crippen molar-refractivity contribution in [1.82, 2.24) is 0 Å².